The summed E-state index contributed by atoms with van der Waals surface area (Å²) in [5.74, 6) is -0.272. The monoisotopic (exact) mass is 403 g/mol. The maximum atomic E-state index is 13.3. The van der Waals surface area contributed by atoms with E-state index < -0.39 is 17.7 Å². The highest BCUT2D eigenvalue weighted by Crippen LogP contribution is 2.34. The average Bonchev–Trinajstić information content (AvgIpc) is 2.62. The molecule has 5 heteroatoms. The molecule has 3 nitrogen and oxygen atoms in total. The maximum absolute atomic E-state index is 13.3. The Labute approximate surface area is 172 Å². The number of ether oxygens (including phenoxy) is 1. The number of fused-ring (bicyclic) bond motifs is 1. The average molecular weight is 404 g/mol. The van der Waals surface area contributed by atoms with Gasteiger partial charge in [0.05, 0.1) is 12.7 Å². The van der Waals surface area contributed by atoms with E-state index in [0.29, 0.717) is 31.6 Å². The Hall–Kier alpha value is -1.98. The molecule has 0 spiro atoms. The number of halogens is 2. The summed E-state index contributed by atoms with van der Waals surface area (Å²) in [5.41, 5.74) is 3.18. The van der Waals surface area contributed by atoms with Crippen LogP contribution in [-0.4, -0.2) is 24.4 Å². The highest BCUT2D eigenvalue weighted by atomic mass is 19.1. The van der Waals surface area contributed by atoms with Crippen LogP contribution >= 0.6 is 0 Å². The standard InChI is InChI=1S/C24H31F2NO2/c1-24(2,3)14-17-5-7-23-21(12-17)22(8-9-29-23)27-15-20(28)6-4-16-10-18(25)13-19(26)11-16/h5,7,10-13,20,22,27-28H,4,6,8-9,14-15H2,1-3H3/t20-,22?/m0/s1. The molecular weight excluding hydrogens is 372 g/mol. The summed E-state index contributed by atoms with van der Waals surface area (Å²) in [6.45, 7) is 7.73. The predicted molar refractivity (Wildman–Crippen MR) is 111 cm³/mol. The van der Waals surface area contributed by atoms with Crippen molar-refractivity contribution in [3.05, 3.63) is 64.7 Å². The van der Waals surface area contributed by atoms with Crippen LogP contribution in [0.15, 0.2) is 36.4 Å². The van der Waals surface area contributed by atoms with Crippen LogP contribution in [0.3, 0.4) is 0 Å². The van der Waals surface area contributed by atoms with Gasteiger partial charge in [-0.25, -0.2) is 8.78 Å². The zero-order valence-corrected chi connectivity index (χ0v) is 17.5. The Balaban J connectivity index is 1.57. The molecule has 3 rings (SSSR count). The summed E-state index contributed by atoms with van der Waals surface area (Å²) in [6.07, 6.45) is 2.10. The maximum Gasteiger partial charge on any atom is 0.126 e. The number of aliphatic hydroxyl groups excluding tert-OH is 1. The van der Waals surface area contributed by atoms with Crippen molar-refractivity contribution in [1.29, 1.82) is 0 Å². The fourth-order valence-corrected chi connectivity index (χ4v) is 3.85. The Morgan fingerprint density at radius 2 is 1.83 bits per heavy atom. The molecule has 1 aliphatic rings. The predicted octanol–water partition coefficient (Wildman–Crippen LogP) is 4.96. The molecule has 0 fully saturated rings. The Morgan fingerprint density at radius 3 is 2.52 bits per heavy atom. The van der Waals surface area contributed by atoms with Crippen LogP contribution in [0.1, 0.15) is 56.3 Å². The van der Waals surface area contributed by atoms with Gasteiger partial charge in [0.15, 0.2) is 0 Å². The van der Waals surface area contributed by atoms with E-state index in [1.54, 1.807) is 0 Å². The smallest absolute Gasteiger partial charge is 0.126 e. The number of aliphatic hydroxyl groups is 1. The van der Waals surface area contributed by atoms with Crippen molar-refractivity contribution in [3.63, 3.8) is 0 Å². The van der Waals surface area contributed by atoms with Gasteiger partial charge in [-0.05, 0) is 54.0 Å². The summed E-state index contributed by atoms with van der Waals surface area (Å²) >= 11 is 0. The molecule has 2 aromatic rings. The minimum absolute atomic E-state index is 0.125. The van der Waals surface area contributed by atoms with Crippen LogP contribution < -0.4 is 10.1 Å². The number of benzene rings is 2. The van der Waals surface area contributed by atoms with E-state index >= 15 is 0 Å². The second-order valence-corrected chi connectivity index (χ2v) is 9.18. The van der Waals surface area contributed by atoms with Crippen LogP contribution in [0.25, 0.3) is 0 Å². The van der Waals surface area contributed by atoms with Crippen LogP contribution in [0.4, 0.5) is 8.78 Å². The number of aryl methyl sites for hydroxylation is 1. The molecular formula is C24H31F2NO2. The zero-order chi connectivity index (χ0) is 21.0. The minimum Gasteiger partial charge on any atom is -0.493 e. The summed E-state index contributed by atoms with van der Waals surface area (Å²) in [6, 6.07) is 9.99. The van der Waals surface area contributed by atoms with Crippen molar-refractivity contribution >= 4 is 0 Å². The summed E-state index contributed by atoms with van der Waals surface area (Å²) in [5, 5.41) is 13.8. The molecule has 1 aliphatic heterocycles. The van der Waals surface area contributed by atoms with E-state index in [1.807, 2.05) is 6.07 Å². The fraction of sp³-hybridized carbons (Fsp3) is 0.500. The molecule has 0 saturated carbocycles. The third kappa shape index (κ3) is 6.51. The number of rotatable bonds is 7. The first kappa shape index (κ1) is 21.7. The normalized spacial score (nSPS) is 17.5. The van der Waals surface area contributed by atoms with Gasteiger partial charge >= 0.3 is 0 Å². The quantitative estimate of drug-likeness (QED) is 0.687. The first-order valence-electron chi connectivity index (χ1n) is 10.3. The molecule has 0 saturated heterocycles. The van der Waals surface area contributed by atoms with E-state index in [-0.39, 0.29) is 11.5 Å². The third-order valence-corrected chi connectivity index (χ3v) is 5.14. The van der Waals surface area contributed by atoms with E-state index in [9.17, 15) is 13.9 Å². The lowest BCUT2D eigenvalue weighted by Gasteiger charge is -2.29. The zero-order valence-electron chi connectivity index (χ0n) is 17.5. The first-order valence-corrected chi connectivity index (χ1v) is 10.3. The van der Waals surface area contributed by atoms with Crippen molar-refractivity contribution in [2.75, 3.05) is 13.2 Å². The van der Waals surface area contributed by atoms with Gasteiger partial charge < -0.3 is 15.2 Å². The van der Waals surface area contributed by atoms with Gasteiger partial charge in [-0.15, -0.1) is 0 Å². The fourth-order valence-electron chi connectivity index (χ4n) is 3.85. The van der Waals surface area contributed by atoms with Gasteiger partial charge in [-0.1, -0.05) is 32.9 Å². The highest BCUT2D eigenvalue weighted by Gasteiger charge is 2.23. The van der Waals surface area contributed by atoms with E-state index in [1.165, 1.54) is 17.7 Å². The van der Waals surface area contributed by atoms with Gasteiger partial charge in [-0.2, -0.15) is 0 Å². The summed E-state index contributed by atoms with van der Waals surface area (Å²) in [7, 11) is 0. The molecule has 2 N–H and O–H groups in total. The lowest BCUT2D eigenvalue weighted by atomic mass is 9.86. The molecule has 1 heterocycles. The molecule has 0 bridgehead atoms. The molecule has 0 aromatic heterocycles. The lowest BCUT2D eigenvalue weighted by Crippen LogP contribution is -2.33. The van der Waals surface area contributed by atoms with E-state index in [0.717, 1.165) is 30.2 Å². The van der Waals surface area contributed by atoms with Gasteiger partial charge in [0.1, 0.15) is 17.4 Å². The van der Waals surface area contributed by atoms with Gasteiger partial charge in [-0.3, -0.25) is 0 Å². The Kier molecular flexibility index (Phi) is 6.91. The molecule has 158 valence electrons. The van der Waals surface area contributed by atoms with Crippen LogP contribution in [-0.2, 0) is 12.8 Å². The van der Waals surface area contributed by atoms with Crippen molar-refractivity contribution in [1.82, 2.24) is 5.32 Å². The Morgan fingerprint density at radius 1 is 1.10 bits per heavy atom. The summed E-state index contributed by atoms with van der Waals surface area (Å²) in [4.78, 5) is 0. The van der Waals surface area contributed by atoms with Gasteiger partial charge in [0, 0.05) is 30.6 Å². The van der Waals surface area contributed by atoms with Gasteiger partial charge in [0.25, 0.3) is 0 Å². The second-order valence-electron chi connectivity index (χ2n) is 9.18. The molecule has 0 amide bonds. The van der Waals surface area contributed by atoms with Gasteiger partial charge in [0.2, 0.25) is 0 Å². The lowest BCUT2D eigenvalue weighted by molar-refractivity contribution is 0.151. The molecule has 29 heavy (non-hydrogen) atoms. The molecule has 2 atom stereocenters. The topological polar surface area (TPSA) is 41.5 Å². The molecule has 0 radical (unpaired) electrons. The van der Waals surface area contributed by atoms with Crippen LogP contribution in [0.2, 0.25) is 0 Å². The van der Waals surface area contributed by atoms with Crippen molar-refractivity contribution in [3.8, 4) is 5.75 Å². The molecule has 1 unspecified atom stereocenters. The van der Waals surface area contributed by atoms with Crippen molar-refractivity contribution < 1.29 is 18.6 Å². The van der Waals surface area contributed by atoms with Crippen molar-refractivity contribution in [2.45, 2.75) is 58.6 Å². The highest BCUT2D eigenvalue weighted by molar-refractivity contribution is 5.41. The SMILES string of the molecule is CC(C)(C)Cc1ccc2c(c1)C(NC[C@@H](O)CCc1cc(F)cc(F)c1)CCO2. The number of hydrogen-bond donors (Lipinski definition) is 2. The second kappa shape index (κ2) is 9.23. The molecule has 0 aliphatic carbocycles. The first-order chi connectivity index (χ1) is 13.7. The molecule has 2 aromatic carbocycles. The van der Waals surface area contributed by atoms with Crippen LogP contribution in [0.5, 0.6) is 5.75 Å². The summed E-state index contributed by atoms with van der Waals surface area (Å²) < 4.78 is 32.4. The number of hydrogen-bond acceptors (Lipinski definition) is 3. The Bertz CT molecular complexity index is 812. The van der Waals surface area contributed by atoms with Crippen LogP contribution in [0, 0.1) is 17.0 Å². The van der Waals surface area contributed by atoms with E-state index in [2.05, 4.69) is 38.2 Å². The van der Waals surface area contributed by atoms with Crippen molar-refractivity contribution in [2.24, 2.45) is 5.41 Å². The minimum atomic E-state index is -0.592. The number of nitrogens with one attached hydrogen (secondary N) is 1. The van der Waals surface area contributed by atoms with E-state index in [4.69, 9.17) is 4.74 Å². The largest absolute Gasteiger partial charge is 0.493 e. The third-order valence-electron chi connectivity index (χ3n) is 5.14.